The summed E-state index contributed by atoms with van der Waals surface area (Å²) in [6.07, 6.45) is 2.20. The van der Waals surface area contributed by atoms with Crippen molar-refractivity contribution in [3.63, 3.8) is 0 Å². The summed E-state index contributed by atoms with van der Waals surface area (Å²) in [5.74, 6) is -0.0362. The zero-order valence-electron chi connectivity index (χ0n) is 16.1. The summed E-state index contributed by atoms with van der Waals surface area (Å²) >= 11 is 0. The molecule has 0 aromatic heterocycles. The normalized spacial score (nSPS) is 16.6. The fourth-order valence-electron chi connectivity index (χ4n) is 3.63. The van der Waals surface area contributed by atoms with Gasteiger partial charge in [-0.05, 0) is 43.0 Å². The number of fused-ring (bicyclic) bond motifs is 1. The van der Waals surface area contributed by atoms with Gasteiger partial charge in [-0.15, -0.1) is 0 Å². The van der Waals surface area contributed by atoms with E-state index < -0.39 is 10.0 Å². The van der Waals surface area contributed by atoms with E-state index in [0.717, 1.165) is 23.2 Å². The summed E-state index contributed by atoms with van der Waals surface area (Å²) < 4.78 is 25.9. The molecule has 1 heterocycles. The summed E-state index contributed by atoms with van der Waals surface area (Å²) in [5.41, 5.74) is 4.10. The van der Waals surface area contributed by atoms with Gasteiger partial charge in [-0.2, -0.15) is 4.31 Å². The molecular weight excluding hydrogens is 360 g/mol. The van der Waals surface area contributed by atoms with E-state index in [9.17, 15) is 13.2 Å². The lowest BCUT2D eigenvalue weighted by Gasteiger charge is -2.25. The summed E-state index contributed by atoms with van der Waals surface area (Å²) in [5, 5.41) is 0. The molecule has 0 fully saturated rings. The third-order valence-electron chi connectivity index (χ3n) is 5.13. The van der Waals surface area contributed by atoms with Crippen molar-refractivity contribution in [2.24, 2.45) is 0 Å². The van der Waals surface area contributed by atoms with E-state index in [0.29, 0.717) is 0 Å². The highest BCUT2D eigenvalue weighted by Crippen LogP contribution is 2.32. The molecule has 3 rings (SSSR count). The van der Waals surface area contributed by atoms with Crippen molar-refractivity contribution in [2.75, 3.05) is 17.7 Å². The number of aryl methyl sites for hydroxylation is 1. The Balaban J connectivity index is 1.72. The molecule has 0 N–H and O–H groups in total. The van der Waals surface area contributed by atoms with Gasteiger partial charge in [0.15, 0.2) is 0 Å². The number of hydrogen-bond acceptors (Lipinski definition) is 3. The van der Waals surface area contributed by atoms with Gasteiger partial charge < -0.3 is 4.90 Å². The van der Waals surface area contributed by atoms with Crippen LogP contribution in [0, 0.1) is 6.92 Å². The Morgan fingerprint density at radius 1 is 1.15 bits per heavy atom. The molecule has 6 heteroatoms. The highest BCUT2D eigenvalue weighted by molar-refractivity contribution is 7.88. The average molecular weight is 387 g/mol. The van der Waals surface area contributed by atoms with E-state index in [4.69, 9.17) is 0 Å². The van der Waals surface area contributed by atoms with E-state index in [-0.39, 0.29) is 31.5 Å². The summed E-state index contributed by atoms with van der Waals surface area (Å²) in [4.78, 5) is 14.7. The van der Waals surface area contributed by atoms with Gasteiger partial charge in [-0.1, -0.05) is 42.5 Å². The number of carbonyl (C=O) groups is 1. The van der Waals surface area contributed by atoms with Gasteiger partial charge in [-0.25, -0.2) is 8.42 Å². The van der Waals surface area contributed by atoms with Crippen molar-refractivity contribution < 1.29 is 13.2 Å². The second-order valence-electron chi connectivity index (χ2n) is 7.22. The molecule has 0 radical (unpaired) electrons. The van der Waals surface area contributed by atoms with E-state index >= 15 is 0 Å². The lowest BCUT2D eigenvalue weighted by molar-refractivity contribution is -0.119. The molecule has 1 atom stereocenters. The van der Waals surface area contributed by atoms with Crippen LogP contribution in [0.1, 0.15) is 30.0 Å². The molecule has 1 aliphatic rings. The largest absolute Gasteiger partial charge is 0.309 e. The van der Waals surface area contributed by atoms with Crippen LogP contribution in [-0.4, -0.2) is 37.5 Å². The fraction of sp³-hybridized carbons (Fsp3) is 0.381. The number of rotatable bonds is 6. The number of carbonyl (C=O) groups excluding carboxylic acids is 1. The van der Waals surface area contributed by atoms with Crippen molar-refractivity contribution in [1.82, 2.24) is 4.31 Å². The lowest BCUT2D eigenvalue weighted by atomic mass is 10.1. The standard InChI is InChI=1S/C21H26N2O3S/c1-16-8-4-5-10-19(16)15-22(27(3,25)26)13-12-21(24)23-17(2)14-18-9-6-7-11-20(18)23/h4-11,17H,12-15H2,1-3H3. The van der Waals surface area contributed by atoms with E-state index in [2.05, 4.69) is 0 Å². The zero-order chi connectivity index (χ0) is 19.6. The van der Waals surface area contributed by atoms with Crippen LogP contribution in [0.4, 0.5) is 5.69 Å². The molecular formula is C21H26N2O3S. The Morgan fingerprint density at radius 3 is 2.52 bits per heavy atom. The first-order valence-corrected chi connectivity index (χ1v) is 11.0. The molecule has 144 valence electrons. The topological polar surface area (TPSA) is 57.7 Å². The van der Waals surface area contributed by atoms with E-state index in [1.807, 2.05) is 67.3 Å². The van der Waals surface area contributed by atoms with Gasteiger partial charge in [-0.3, -0.25) is 4.79 Å². The summed E-state index contributed by atoms with van der Waals surface area (Å²) in [6, 6.07) is 15.7. The quantitative estimate of drug-likeness (QED) is 0.766. The molecule has 1 aliphatic heterocycles. The smallest absolute Gasteiger partial charge is 0.228 e. The molecule has 2 aromatic rings. The minimum atomic E-state index is -3.41. The van der Waals surface area contributed by atoms with E-state index in [1.165, 1.54) is 16.1 Å². The molecule has 0 saturated heterocycles. The van der Waals surface area contributed by atoms with Gasteiger partial charge >= 0.3 is 0 Å². The Kier molecular flexibility index (Phi) is 5.67. The number of benzene rings is 2. The predicted molar refractivity (Wildman–Crippen MR) is 108 cm³/mol. The Hall–Kier alpha value is -2.18. The zero-order valence-corrected chi connectivity index (χ0v) is 16.9. The van der Waals surface area contributed by atoms with Crippen molar-refractivity contribution in [3.8, 4) is 0 Å². The van der Waals surface area contributed by atoms with Gasteiger partial charge in [0, 0.05) is 31.2 Å². The molecule has 2 aromatic carbocycles. The van der Waals surface area contributed by atoms with Crippen LogP contribution in [0.15, 0.2) is 48.5 Å². The lowest BCUT2D eigenvalue weighted by Crippen LogP contribution is -2.39. The maximum Gasteiger partial charge on any atom is 0.228 e. The van der Waals surface area contributed by atoms with Gasteiger partial charge in [0.1, 0.15) is 0 Å². The van der Waals surface area contributed by atoms with Crippen molar-refractivity contribution in [1.29, 1.82) is 0 Å². The maximum absolute atomic E-state index is 12.9. The SMILES string of the molecule is Cc1ccccc1CN(CCC(=O)N1c2ccccc2CC1C)S(C)(=O)=O. The minimum Gasteiger partial charge on any atom is -0.309 e. The molecule has 0 aliphatic carbocycles. The molecule has 1 unspecified atom stereocenters. The molecule has 0 saturated carbocycles. The number of nitrogens with zero attached hydrogens (tertiary/aromatic N) is 2. The average Bonchev–Trinajstić information content (AvgIpc) is 2.94. The highest BCUT2D eigenvalue weighted by Gasteiger charge is 2.31. The van der Waals surface area contributed by atoms with Crippen LogP contribution in [0.5, 0.6) is 0 Å². The Morgan fingerprint density at radius 2 is 1.81 bits per heavy atom. The molecule has 27 heavy (non-hydrogen) atoms. The monoisotopic (exact) mass is 386 g/mol. The van der Waals surface area contributed by atoms with Gasteiger partial charge in [0.05, 0.1) is 6.26 Å². The van der Waals surface area contributed by atoms with E-state index in [1.54, 1.807) is 0 Å². The van der Waals surface area contributed by atoms with Crippen molar-refractivity contribution in [3.05, 3.63) is 65.2 Å². The Labute approximate surface area is 161 Å². The molecule has 0 bridgehead atoms. The van der Waals surface area contributed by atoms with Crippen molar-refractivity contribution >= 4 is 21.6 Å². The predicted octanol–water partition coefficient (Wildman–Crippen LogP) is 3.12. The van der Waals surface area contributed by atoms with Crippen LogP contribution < -0.4 is 4.90 Å². The summed E-state index contributed by atoms with van der Waals surface area (Å²) in [7, 11) is -3.41. The second-order valence-corrected chi connectivity index (χ2v) is 9.20. The summed E-state index contributed by atoms with van der Waals surface area (Å²) in [6.45, 7) is 4.45. The minimum absolute atomic E-state index is 0.0362. The third-order valence-corrected chi connectivity index (χ3v) is 6.38. The van der Waals surface area contributed by atoms with Crippen molar-refractivity contribution in [2.45, 2.75) is 39.3 Å². The first-order chi connectivity index (χ1) is 12.8. The second kappa shape index (κ2) is 7.82. The van der Waals surface area contributed by atoms with Crippen LogP contribution in [0.25, 0.3) is 0 Å². The maximum atomic E-state index is 12.9. The van der Waals surface area contributed by atoms with Crippen LogP contribution in [0.2, 0.25) is 0 Å². The number of para-hydroxylation sites is 1. The Bertz CT molecular complexity index is 940. The first-order valence-electron chi connectivity index (χ1n) is 9.17. The van der Waals surface area contributed by atoms with Gasteiger partial charge in [0.2, 0.25) is 15.9 Å². The number of anilines is 1. The fourth-order valence-corrected chi connectivity index (χ4v) is 4.42. The van der Waals surface area contributed by atoms with Crippen LogP contribution >= 0.6 is 0 Å². The van der Waals surface area contributed by atoms with Crippen LogP contribution in [-0.2, 0) is 27.8 Å². The molecule has 5 nitrogen and oxygen atoms in total. The first kappa shape index (κ1) is 19.6. The number of hydrogen-bond donors (Lipinski definition) is 0. The highest BCUT2D eigenvalue weighted by atomic mass is 32.2. The van der Waals surface area contributed by atoms with Crippen LogP contribution in [0.3, 0.4) is 0 Å². The molecule has 0 spiro atoms. The number of amides is 1. The van der Waals surface area contributed by atoms with Gasteiger partial charge in [0.25, 0.3) is 0 Å². The third kappa shape index (κ3) is 4.39. The molecule has 1 amide bonds. The number of sulfonamides is 1.